The molecule has 0 aromatic heterocycles. The minimum Gasteiger partial charge on any atom is -0.507 e. The van der Waals surface area contributed by atoms with Gasteiger partial charge >= 0.3 is 5.97 Å². The highest BCUT2D eigenvalue weighted by Gasteiger charge is 2.14. The van der Waals surface area contributed by atoms with E-state index in [1.807, 2.05) is 6.08 Å². The summed E-state index contributed by atoms with van der Waals surface area (Å²) >= 11 is 0. The minimum atomic E-state index is -1.05. The number of carboxylic acid groups (broad SMARTS) is 1. The van der Waals surface area contributed by atoms with Crippen LogP contribution in [0.1, 0.15) is 80.1 Å². The molecule has 3 nitrogen and oxygen atoms in total. The number of rotatable bonds is 14. The van der Waals surface area contributed by atoms with Gasteiger partial charge in [-0.3, -0.25) is 0 Å². The third-order valence-electron chi connectivity index (χ3n) is 4.38. The number of hydrogen-bond donors (Lipinski definition) is 2. The van der Waals surface area contributed by atoms with Crippen LogP contribution in [-0.4, -0.2) is 16.2 Å². The Kier molecular flexibility index (Phi) is 11.2. The van der Waals surface area contributed by atoms with E-state index in [-0.39, 0.29) is 11.3 Å². The molecule has 0 fully saturated rings. The van der Waals surface area contributed by atoms with Gasteiger partial charge in [-0.1, -0.05) is 68.9 Å². The van der Waals surface area contributed by atoms with E-state index in [2.05, 4.69) is 18.7 Å². The average molecular weight is 344 g/mol. The van der Waals surface area contributed by atoms with Gasteiger partial charge in [0, 0.05) is 0 Å². The fourth-order valence-corrected chi connectivity index (χ4v) is 2.99. The van der Waals surface area contributed by atoms with Crippen molar-refractivity contribution in [2.75, 3.05) is 0 Å². The monoisotopic (exact) mass is 344 g/mol. The van der Waals surface area contributed by atoms with Crippen LogP contribution in [0.15, 0.2) is 43.0 Å². The first-order valence-corrected chi connectivity index (χ1v) is 9.47. The predicted molar refractivity (Wildman–Crippen MR) is 104 cm³/mol. The Morgan fingerprint density at radius 2 is 1.60 bits per heavy atom. The third kappa shape index (κ3) is 9.13. The maximum absolute atomic E-state index is 11.2. The number of aryl methyl sites for hydroxylation is 1. The van der Waals surface area contributed by atoms with Crippen LogP contribution in [0, 0.1) is 0 Å². The number of allylic oxidation sites excluding steroid dienone is 3. The highest BCUT2D eigenvalue weighted by atomic mass is 16.4. The van der Waals surface area contributed by atoms with Gasteiger partial charge < -0.3 is 10.2 Å². The number of unbranched alkanes of at least 4 members (excludes halogenated alkanes) is 8. The van der Waals surface area contributed by atoms with E-state index in [0.717, 1.165) is 24.8 Å². The molecule has 1 rings (SSSR count). The number of carbonyl (C=O) groups is 1. The molecule has 0 saturated carbocycles. The van der Waals surface area contributed by atoms with Crippen LogP contribution in [0.2, 0.25) is 0 Å². The van der Waals surface area contributed by atoms with Gasteiger partial charge in [0.15, 0.2) is 0 Å². The van der Waals surface area contributed by atoms with Crippen LogP contribution >= 0.6 is 0 Å². The zero-order chi connectivity index (χ0) is 18.3. The van der Waals surface area contributed by atoms with Crippen molar-refractivity contribution in [2.24, 2.45) is 0 Å². The molecule has 0 heterocycles. The molecule has 0 radical (unpaired) electrons. The number of carboxylic acids is 1. The van der Waals surface area contributed by atoms with Gasteiger partial charge in [0.1, 0.15) is 11.3 Å². The van der Waals surface area contributed by atoms with E-state index in [0.29, 0.717) is 6.42 Å². The molecule has 1 aromatic rings. The van der Waals surface area contributed by atoms with Crippen molar-refractivity contribution < 1.29 is 15.0 Å². The highest BCUT2D eigenvalue weighted by Crippen LogP contribution is 2.23. The lowest BCUT2D eigenvalue weighted by molar-refractivity contribution is 0.0692. The molecule has 138 valence electrons. The summed E-state index contributed by atoms with van der Waals surface area (Å²) in [5.41, 5.74) is 0.793. The lowest BCUT2D eigenvalue weighted by Crippen LogP contribution is -2.03. The molecule has 0 amide bonds. The number of aromatic hydroxyl groups is 1. The Morgan fingerprint density at radius 3 is 2.24 bits per heavy atom. The summed E-state index contributed by atoms with van der Waals surface area (Å²) in [5, 5.41) is 18.9. The molecule has 0 aliphatic rings. The first kappa shape index (κ1) is 21.0. The quantitative estimate of drug-likeness (QED) is 0.308. The van der Waals surface area contributed by atoms with E-state index >= 15 is 0 Å². The second-order valence-corrected chi connectivity index (χ2v) is 6.48. The van der Waals surface area contributed by atoms with Gasteiger partial charge in [0.2, 0.25) is 0 Å². The fourth-order valence-electron chi connectivity index (χ4n) is 2.99. The highest BCUT2D eigenvalue weighted by molar-refractivity contribution is 5.92. The van der Waals surface area contributed by atoms with Crippen molar-refractivity contribution in [3.63, 3.8) is 0 Å². The number of benzene rings is 1. The molecule has 0 aliphatic heterocycles. The van der Waals surface area contributed by atoms with E-state index in [4.69, 9.17) is 0 Å². The lowest BCUT2D eigenvalue weighted by atomic mass is 9.99. The first-order valence-electron chi connectivity index (χ1n) is 9.47. The van der Waals surface area contributed by atoms with Gasteiger partial charge in [-0.15, -0.1) is 6.58 Å². The largest absolute Gasteiger partial charge is 0.507 e. The lowest BCUT2D eigenvalue weighted by Gasteiger charge is -2.07. The molecule has 0 spiro atoms. The zero-order valence-electron chi connectivity index (χ0n) is 15.3. The number of aromatic carboxylic acids is 1. The van der Waals surface area contributed by atoms with E-state index in [1.165, 1.54) is 51.0 Å². The van der Waals surface area contributed by atoms with Crippen LogP contribution in [-0.2, 0) is 6.42 Å². The molecular weight excluding hydrogens is 312 g/mol. The summed E-state index contributed by atoms with van der Waals surface area (Å²) in [4.78, 5) is 11.2. The molecule has 0 bridgehead atoms. The molecule has 2 N–H and O–H groups in total. The molecule has 0 aliphatic carbocycles. The summed E-state index contributed by atoms with van der Waals surface area (Å²) in [6.07, 6.45) is 18.9. The Bertz CT molecular complexity index is 546. The van der Waals surface area contributed by atoms with Gasteiger partial charge in [0.25, 0.3) is 0 Å². The van der Waals surface area contributed by atoms with Crippen molar-refractivity contribution in [3.05, 3.63) is 54.1 Å². The Labute approximate surface area is 152 Å². The van der Waals surface area contributed by atoms with E-state index in [1.54, 1.807) is 12.1 Å². The first-order chi connectivity index (χ1) is 12.2. The number of hydrogen-bond acceptors (Lipinski definition) is 2. The van der Waals surface area contributed by atoms with Crippen LogP contribution < -0.4 is 0 Å². The maximum Gasteiger partial charge on any atom is 0.339 e. The van der Waals surface area contributed by atoms with Crippen molar-refractivity contribution >= 4 is 5.97 Å². The van der Waals surface area contributed by atoms with Crippen LogP contribution in [0.4, 0.5) is 0 Å². The van der Waals surface area contributed by atoms with E-state index in [9.17, 15) is 15.0 Å². The van der Waals surface area contributed by atoms with Crippen molar-refractivity contribution in [2.45, 2.75) is 70.6 Å². The van der Waals surface area contributed by atoms with Crippen LogP contribution in [0.3, 0.4) is 0 Å². The molecule has 25 heavy (non-hydrogen) atoms. The van der Waals surface area contributed by atoms with Crippen molar-refractivity contribution in [1.82, 2.24) is 0 Å². The van der Waals surface area contributed by atoms with Crippen LogP contribution in [0.25, 0.3) is 0 Å². The van der Waals surface area contributed by atoms with Gasteiger partial charge in [-0.25, -0.2) is 4.79 Å². The second kappa shape index (κ2) is 13.3. The van der Waals surface area contributed by atoms with Gasteiger partial charge in [-0.2, -0.15) is 0 Å². The SMILES string of the molecule is C=CC/C=C\CCCCCCCCCCc1cccc(O)c1C(=O)O. The van der Waals surface area contributed by atoms with E-state index < -0.39 is 5.97 Å². The smallest absolute Gasteiger partial charge is 0.339 e. The Balaban J connectivity index is 2.05. The van der Waals surface area contributed by atoms with Crippen LogP contribution in [0.5, 0.6) is 5.75 Å². The normalized spacial score (nSPS) is 11.0. The minimum absolute atomic E-state index is 0.0599. The molecule has 1 aromatic carbocycles. The molecule has 0 atom stereocenters. The zero-order valence-corrected chi connectivity index (χ0v) is 15.3. The van der Waals surface area contributed by atoms with Crippen molar-refractivity contribution in [1.29, 1.82) is 0 Å². The molecule has 0 unspecified atom stereocenters. The number of phenols is 1. The standard InChI is InChI=1S/C22H32O3/c1-2-3-4-5-6-7-8-9-10-11-12-13-14-16-19-17-15-18-20(23)21(19)22(24)25/h2,4-5,15,17-18,23H,1,3,6-14,16H2,(H,24,25)/b5-4-. The summed E-state index contributed by atoms with van der Waals surface area (Å²) in [5.74, 6) is -1.18. The average Bonchev–Trinajstić information content (AvgIpc) is 2.58. The van der Waals surface area contributed by atoms with Crippen molar-refractivity contribution in [3.8, 4) is 5.75 Å². The predicted octanol–water partition coefficient (Wildman–Crippen LogP) is 6.28. The summed E-state index contributed by atoms with van der Waals surface area (Å²) in [6.45, 7) is 3.69. The Morgan fingerprint density at radius 1 is 0.960 bits per heavy atom. The van der Waals surface area contributed by atoms with Gasteiger partial charge in [-0.05, 0) is 43.7 Å². The van der Waals surface area contributed by atoms with Gasteiger partial charge in [0.05, 0.1) is 0 Å². The topological polar surface area (TPSA) is 57.5 Å². The summed E-state index contributed by atoms with van der Waals surface area (Å²) < 4.78 is 0. The molecular formula is C22H32O3. The summed E-state index contributed by atoms with van der Waals surface area (Å²) in [6, 6.07) is 4.94. The third-order valence-corrected chi connectivity index (χ3v) is 4.38. The second-order valence-electron chi connectivity index (χ2n) is 6.48. The summed E-state index contributed by atoms with van der Waals surface area (Å²) in [7, 11) is 0. The maximum atomic E-state index is 11.2. The Hall–Kier alpha value is -2.03. The fraction of sp³-hybridized carbons (Fsp3) is 0.500. The molecule has 3 heteroatoms. The molecule has 0 saturated heterocycles.